The Balaban J connectivity index is 3.54. The van der Waals surface area contributed by atoms with Gasteiger partial charge >= 0.3 is 5.97 Å². The molecular formula is C19H33NO4. The van der Waals surface area contributed by atoms with E-state index in [2.05, 4.69) is 12.2 Å². The number of hydrogen-bond donors (Lipinski definition) is 3. The third-order valence-electron chi connectivity index (χ3n) is 3.65. The number of carbonyl (C=O) groups excluding carboxylic acids is 1. The fourth-order valence-corrected chi connectivity index (χ4v) is 2.22. The standard InChI is InChI=1S/C19H33NO4/c1-2-3-7-12-17(21)13-8-6-11-16-20-18(22)14-9-4-5-10-15-19(23)24/h6,8,11,13,17,21H,2-5,7,9-10,12,14-16H2,1H3,(H,20,22)(H,23,24)/b11-6+,13-8+. The van der Waals surface area contributed by atoms with Crippen LogP contribution >= 0.6 is 0 Å². The zero-order valence-corrected chi connectivity index (χ0v) is 14.9. The Labute approximate surface area is 145 Å². The number of aliphatic hydroxyl groups is 1. The van der Waals surface area contributed by atoms with E-state index < -0.39 is 12.1 Å². The summed E-state index contributed by atoms with van der Waals surface area (Å²) in [6, 6.07) is 0. The van der Waals surface area contributed by atoms with Crippen LogP contribution in [0.4, 0.5) is 0 Å². The molecule has 138 valence electrons. The molecule has 3 N–H and O–H groups in total. The number of amides is 1. The van der Waals surface area contributed by atoms with Crippen molar-refractivity contribution >= 4 is 11.9 Å². The summed E-state index contributed by atoms with van der Waals surface area (Å²) < 4.78 is 0. The van der Waals surface area contributed by atoms with Gasteiger partial charge in [-0.25, -0.2) is 0 Å². The van der Waals surface area contributed by atoms with Gasteiger partial charge in [-0.05, 0) is 19.3 Å². The molecule has 5 nitrogen and oxygen atoms in total. The van der Waals surface area contributed by atoms with Gasteiger partial charge in [0.1, 0.15) is 0 Å². The lowest BCUT2D eigenvalue weighted by Crippen LogP contribution is -2.22. The monoisotopic (exact) mass is 339 g/mol. The quantitative estimate of drug-likeness (QED) is 0.314. The maximum absolute atomic E-state index is 11.6. The molecular weight excluding hydrogens is 306 g/mol. The Bertz CT molecular complexity index is 391. The van der Waals surface area contributed by atoms with Gasteiger partial charge in [-0.1, -0.05) is 63.3 Å². The molecule has 0 spiro atoms. The van der Waals surface area contributed by atoms with Crippen molar-refractivity contribution in [3.63, 3.8) is 0 Å². The van der Waals surface area contributed by atoms with Gasteiger partial charge in [-0.2, -0.15) is 0 Å². The number of rotatable bonds is 15. The third kappa shape index (κ3) is 16.7. The summed E-state index contributed by atoms with van der Waals surface area (Å²) in [7, 11) is 0. The predicted molar refractivity (Wildman–Crippen MR) is 96.8 cm³/mol. The van der Waals surface area contributed by atoms with Crippen LogP contribution in [-0.2, 0) is 9.59 Å². The summed E-state index contributed by atoms with van der Waals surface area (Å²) >= 11 is 0. The van der Waals surface area contributed by atoms with E-state index in [1.807, 2.05) is 18.2 Å². The highest BCUT2D eigenvalue weighted by Crippen LogP contribution is 2.05. The highest BCUT2D eigenvalue weighted by atomic mass is 16.4. The summed E-state index contributed by atoms with van der Waals surface area (Å²) in [4.78, 5) is 21.9. The van der Waals surface area contributed by atoms with E-state index in [4.69, 9.17) is 5.11 Å². The number of nitrogens with one attached hydrogen (secondary N) is 1. The van der Waals surface area contributed by atoms with Gasteiger partial charge in [0.05, 0.1) is 6.10 Å². The molecule has 0 saturated carbocycles. The van der Waals surface area contributed by atoms with Crippen molar-refractivity contribution in [2.75, 3.05) is 6.54 Å². The van der Waals surface area contributed by atoms with Crippen molar-refractivity contribution in [3.8, 4) is 0 Å². The predicted octanol–water partition coefficient (Wildman–Crippen LogP) is 3.58. The number of unbranched alkanes of at least 4 members (excludes halogenated alkanes) is 5. The molecule has 0 fully saturated rings. The maximum Gasteiger partial charge on any atom is 0.303 e. The maximum atomic E-state index is 11.6. The van der Waals surface area contributed by atoms with E-state index in [9.17, 15) is 14.7 Å². The molecule has 24 heavy (non-hydrogen) atoms. The zero-order chi connectivity index (χ0) is 18.0. The molecule has 0 rings (SSSR count). The van der Waals surface area contributed by atoms with Crippen molar-refractivity contribution in [1.29, 1.82) is 0 Å². The molecule has 0 heterocycles. The van der Waals surface area contributed by atoms with Crippen molar-refractivity contribution in [2.24, 2.45) is 0 Å². The minimum Gasteiger partial charge on any atom is -0.481 e. The highest BCUT2D eigenvalue weighted by Gasteiger charge is 2.00. The van der Waals surface area contributed by atoms with E-state index >= 15 is 0 Å². The second-order valence-corrected chi connectivity index (χ2v) is 5.99. The fraction of sp³-hybridized carbons (Fsp3) is 0.684. The average Bonchev–Trinajstić information content (AvgIpc) is 2.54. The molecule has 1 amide bonds. The first-order valence-electron chi connectivity index (χ1n) is 9.06. The molecule has 0 aromatic carbocycles. The van der Waals surface area contributed by atoms with Crippen LogP contribution in [0.5, 0.6) is 0 Å². The van der Waals surface area contributed by atoms with Crippen LogP contribution in [0.25, 0.3) is 0 Å². The number of allylic oxidation sites excluding steroid dienone is 2. The lowest BCUT2D eigenvalue weighted by atomic mass is 10.1. The Kier molecular flexibility index (Phi) is 15.1. The minimum atomic E-state index is -0.762. The molecule has 1 unspecified atom stereocenters. The van der Waals surface area contributed by atoms with Crippen molar-refractivity contribution in [1.82, 2.24) is 5.32 Å². The van der Waals surface area contributed by atoms with Gasteiger partial charge in [-0.15, -0.1) is 0 Å². The van der Waals surface area contributed by atoms with E-state index in [0.29, 0.717) is 19.4 Å². The Morgan fingerprint density at radius 2 is 1.71 bits per heavy atom. The van der Waals surface area contributed by atoms with Gasteiger partial charge < -0.3 is 15.5 Å². The van der Waals surface area contributed by atoms with E-state index in [-0.39, 0.29) is 12.3 Å². The summed E-state index contributed by atoms with van der Waals surface area (Å²) in [6.45, 7) is 2.62. The summed E-state index contributed by atoms with van der Waals surface area (Å²) in [5, 5.41) is 21.0. The molecule has 0 bridgehead atoms. The fourth-order valence-electron chi connectivity index (χ4n) is 2.22. The van der Waals surface area contributed by atoms with Crippen LogP contribution in [0.3, 0.4) is 0 Å². The molecule has 0 aromatic rings. The Morgan fingerprint density at radius 1 is 1.00 bits per heavy atom. The molecule has 0 aromatic heterocycles. The second-order valence-electron chi connectivity index (χ2n) is 5.99. The molecule has 1 atom stereocenters. The van der Waals surface area contributed by atoms with Gasteiger partial charge in [0, 0.05) is 19.4 Å². The van der Waals surface area contributed by atoms with Gasteiger partial charge in [-0.3, -0.25) is 9.59 Å². The molecule has 0 aliphatic heterocycles. The Morgan fingerprint density at radius 3 is 2.38 bits per heavy atom. The van der Waals surface area contributed by atoms with E-state index in [0.717, 1.165) is 44.9 Å². The topological polar surface area (TPSA) is 86.6 Å². The van der Waals surface area contributed by atoms with Crippen LogP contribution < -0.4 is 5.32 Å². The summed E-state index contributed by atoms with van der Waals surface area (Å²) in [5.74, 6) is -0.747. The second kappa shape index (κ2) is 16.2. The van der Waals surface area contributed by atoms with Crippen LogP contribution in [0.2, 0.25) is 0 Å². The number of aliphatic carboxylic acids is 1. The third-order valence-corrected chi connectivity index (χ3v) is 3.65. The number of carboxylic acids is 1. The number of carboxylic acid groups (broad SMARTS) is 1. The highest BCUT2D eigenvalue weighted by molar-refractivity contribution is 5.75. The van der Waals surface area contributed by atoms with E-state index in [1.54, 1.807) is 6.08 Å². The normalized spacial score (nSPS) is 12.8. The molecule has 0 radical (unpaired) electrons. The first kappa shape index (κ1) is 22.4. The van der Waals surface area contributed by atoms with Crippen molar-refractivity contribution in [3.05, 3.63) is 24.3 Å². The average molecular weight is 339 g/mol. The van der Waals surface area contributed by atoms with Crippen LogP contribution in [0.15, 0.2) is 24.3 Å². The van der Waals surface area contributed by atoms with Crippen LogP contribution in [0.1, 0.15) is 71.1 Å². The zero-order valence-electron chi connectivity index (χ0n) is 14.9. The summed E-state index contributed by atoms with van der Waals surface area (Å²) in [6.07, 6.45) is 14.9. The van der Waals surface area contributed by atoms with Crippen LogP contribution in [-0.4, -0.2) is 34.7 Å². The number of aliphatic hydroxyl groups excluding tert-OH is 1. The van der Waals surface area contributed by atoms with Crippen molar-refractivity contribution in [2.45, 2.75) is 77.2 Å². The minimum absolute atomic E-state index is 0.0152. The lowest BCUT2D eigenvalue weighted by molar-refractivity contribution is -0.137. The van der Waals surface area contributed by atoms with E-state index in [1.165, 1.54) is 0 Å². The number of carbonyl (C=O) groups is 2. The lowest BCUT2D eigenvalue weighted by Gasteiger charge is -2.03. The smallest absolute Gasteiger partial charge is 0.303 e. The number of hydrogen-bond acceptors (Lipinski definition) is 3. The van der Waals surface area contributed by atoms with Crippen molar-refractivity contribution < 1.29 is 19.8 Å². The molecule has 0 aliphatic carbocycles. The Hall–Kier alpha value is -1.62. The van der Waals surface area contributed by atoms with Gasteiger partial charge in [0.25, 0.3) is 0 Å². The first-order valence-corrected chi connectivity index (χ1v) is 9.06. The molecule has 5 heteroatoms. The molecule has 0 aliphatic rings. The van der Waals surface area contributed by atoms with Gasteiger partial charge in [0.2, 0.25) is 5.91 Å². The SMILES string of the molecule is CCCCCC(O)/C=C/C=C/CNC(=O)CCCCCCC(=O)O. The van der Waals surface area contributed by atoms with Crippen LogP contribution in [0, 0.1) is 0 Å². The first-order chi connectivity index (χ1) is 11.6. The summed E-state index contributed by atoms with van der Waals surface area (Å²) in [5.41, 5.74) is 0. The van der Waals surface area contributed by atoms with Gasteiger partial charge in [0.15, 0.2) is 0 Å². The largest absolute Gasteiger partial charge is 0.481 e. The molecule has 0 saturated heterocycles.